The van der Waals surface area contributed by atoms with Gasteiger partial charge in [-0.25, -0.2) is 14.2 Å². The molecule has 4 N–H and O–H groups in total. The molecular weight excluding hydrogens is 486 g/mol. The molecule has 4 aliphatic rings. The number of carbonyl (C=O) groups excluding carboxylic acids is 3. The molecule has 11 heteroatoms. The molecule has 2 aromatic rings. The zero-order valence-electron chi connectivity index (χ0n) is 22.2. The molecule has 4 bridgehead atoms. The summed E-state index contributed by atoms with van der Waals surface area (Å²) in [4.78, 5) is 36.8. The van der Waals surface area contributed by atoms with E-state index in [4.69, 9.17) is 10.5 Å². The van der Waals surface area contributed by atoms with E-state index in [2.05, 4.69) is 20.8 Å². The first-order chi connectivity index (χ1) is 18.1. The Hall–Kier alpha value is -3.63. The number of nitrogens with zero attached hydrogens (tertiary/aromatic N) is 4. The van der Waals surface area contributed by atoms with E-state index in [1.54, 1.807) is 40.2 Å². The molecule has 2 unspecified atom stereocenters. The van der Waals surface area contributed by atoms with Gasteiger partial charge in [0.25, 0.3) is 5.91 Å². The van der Waals surface area contributed by atoms with Crippen molar-refractivity contribution in [2.24, 2.45) is 28.9 Å². The third kappa shape index (κ3) is 5.19. The van der Waals surface area contributed by atoms with Gasteiger partial charge in [0.15, 0.2) is 5.82 Å². The van der Waals surface area contributed by atoms with Crippen molar-refractivity contribution in [3.8, 4) is 5.82 Å². The van der Waals surface area contributed by atoms with Gasteiger partial charge < -0.3 is 21.1 Å². The SMILES string of the molecule is CCC(=O)NC(C)(C)C=Cn1ncc(C(=O)NC2C3CC4CC2CC(COC(N)=O)(C4)C3)c1-n1cccn1. The van der Waals surface area contributed by atoms with Crippen LogP contribution in [0.5, 0.6) is 0 Å². The summed E-state index contributed by atoms with van der Waals surface area (Å²) in [5.74, 6) is 1.57. The van der Waals surface area contributed by atoms with E-state index < -0.39 is 11.6 Å². The second-order valence-electron chi connectivity index (χ2n) is 11.8. The number of rotatable bonds is 9. The van der Waals surface area contributed by atoms with Crippen molar-refractivity contribution >= 4 is 24.1 Å². The first kappa shape index (κ1) is 26.0. The summed E-state index contributed by atoms with van der Waals surface area (Å²) < 4.78 is 8.48. The zero-order chi connectivity index (χ0) is 27.1. The van der Waals surface area contributed by atoms with E-state index in [0.717, 1.165) is 32.1 Å². The Balaban J connectivity index is 1.35. The van der Waals surface area contributed by atoms with Gasteiger partial charge in [0.2, 0.25) is 5.91 Å². The van der Waals surface area contributed by atoms with Crippen LogP contribution >= 0.6 is 0 Å². The molecule has 6 rings (SSSR count). The average Bonchev–Trinajstić information content (AvgIpc) is 3.53. The van der Waals surface area contributed by atoms with Crippen molar-refractivity contribution in [3.05, 3.63) is 36.3 Å². The molecule has 3 amide bonds. The van der Waals surface area contributed by atoms with Crippen LogP contribution in [0.4, 0.5) is 4.79 Å². The summed E-state index contributed by atoms with van der Waals surface area (Å²) in [5.41, 5.74) is 5.05. The smallest absolute Gasteiger partial charge is 0.404 e. The number of primary amides is 1. The van der Waals surface area contributed by atoms with Crippen LogP contribution in [0.1, 0.15) is 69.7 Å². The highest BCUT2D eigenvalue weighted by Gasteiger charge is 2.56. The number of aromatic nitrogens is 4. The Bertz CT molecular complexity index is 1220. The molecule has 4 saturated carbocycles. The molecule has 4 aliphatic carbocycles. The third-order valence-electron chi connectivity index (χ3n) is 8.37. The number of ether oxygens (including phenoxy) is 1. The molecule has 0 aromatic carbocycles. The van der Waals surface area contributed by atoms with E-state index in [0.29, 0.717) is 42.2 Å². The highest BCUT2D eigenvalue weighted by molar-refractivity contribution is 5.97. The van der Waals surface area contributed by atoms with E-state index in [9.17, 15) is 14.4 Å². The van der Waals surface area contributed by atoms with Crippen LogP contribution in [0, 0.1) is 23.2 Å². The fourth-order valence-electron chi connectivity index (χ4n) is 7.05. The monoisotopic (exact) mass is 523 g/mol. The molecule has 38 heavy (non-hydrogen) atoms. The van der Waals surface area contributed by atoms with Gasteiger partial charge in [-0.15, -0.1) is 0 Å². The van der Waals surface area contributed by atoms with Gasteiger partial charge in [0, 0.05) is 36.5 Å². The van der Waals surface area contributed by atoms with Gasteiger partial charge in [0.05, 0.1) is 18.3 Å². The summed E-state index contributed by atoms with van der Waals surface area (Å²) in [6.45, 7) is 5.97. The van der Waals surface area contributed by atoms with Crippen molar-refractivity contribution in [1.82, 2.24) is 30.2 Å². The molecule has 0 radical (unpaired) electrons. The van der Waals surface area contributed by atoms with Crippen molar-refractivity contribution in [3.63, 3.8) is 0 Å². The molecule has 204 valence electrons. The molecule has 2 aromatic heterocycles. The Morgan fingerprint density at radius 2 is 1.95 bits per heavy atom. The lowest BCUT2D eigenvalue weighted by Crippen LogP contribution is -2.60. The quantitative estimate of drug-likeness (QED) is 0.461. The van der Waals surface area contributed by atoms with Gasteiger partial charge in [0.1, 0.15) is 5.56 Å². The molecule has 2 heterocycles. The second-order valence-corrected chi connectivity index (χ2v) is 11.8. The summed E-state index contributed by atoms with van der Waals surface area (Å²) in [7, 11) is 0. The molecule has 4 fully saturated rings. The zero-order valence-corrected chi connectivity index (χ0v) is 22.2. The molecule has 2 atom stereocenters. The number of amides is 3. The van der Waals surface area contributed by atoms with Gasteiger partial charge in [-0.2, -0.15) is 10.2 Å². The maximum Gasteiger partial charge on any atom is 0.404 e. The van der Waals surface area contributed by atoms with Crippen LogP contribution in [0.3, 0.4) is 0 Å². The van der Waals surface area contributed by atoms with Gasteiger partial charge in [-0.05, 0) is 75.8 Å². The molecule has 0 aliphatic heterocycles. The minimum Gasteiger partial charge on any atom is -0.449 e. The Morgan fingerprint density at radius 3 is 2.58 bits per heavy atom. The van der Waals surface area contributed by atoms with Crippen LogP contribution in [0.15, 0.2) is 30.7 Å². The number of carbonyl (C=O) groups is 3. The van der Waals surface area contributed by atoms with Crippen LogP contribution in [-0.4, -0.2) is 55.7 Å². The largest absolute Gasteiger partial charge is 0.449 e. The first-order valence-electron chi connectivity index (χ1n) is 13.4. The van der Waals surface area contributed by atoms with Gasteiger partial charge in [-0.3, -0.25) is 9.59 Å². The van der Waals surface area contributed by atoms with Crippen LogP contribution in [0.2, 0.25) is 0 Å². The second kappa shape index (κ2) is 9.92. The van der Waals surface area contributed by atoms with Crippen LogP contribution < -0.4 is 16.4 Å². The standard InChI is InChI=1S/C27H37N7O4/c1-4-21(35)32-26(2,3)6-9-34-24(33-8-5-7-29-33)20(15-30-34)23(36)31-22-18-10-17-11-19(22)14-27(12-17,13-18)16-38-25(28)37/h5-9,15,17-19,22H,4,10-14,16H2,1-3H3,(H2,28,37)(H,31,36)(H,32,35). The third-order valence-corrected chi connectivity index (χ3v) is 8.37. The van der Waals surface area contributed by atoms with Gasteiger partial charge in [-0.1, -0.05) is 6.92 Å². The van der Waals surface area contributed by atoms with Crippen LogP contribution in [0.25, 0.3) is 12.0 Å². The lowest BCUT2D eigenvalue weighted by Gasteiger charge is -2.59. The highest BCUT2D eigenvalue weighted by atomic mass is 16.5. The molecular formula is C27H37N7O4. The van der Waals surface area contributed by atoms with E-state index >= 15 is 0 Å². The van der Waals surface area contributed by atoms with Crippen molar-refractivity contribution in [1.29, 1.82) is 0 Å². The summed E-state index contributed by atoms with van der Waals surface area (Å²) >= 11 is 0. The maximum atomic E-state index is 13.7. The normalized spacial score (nSPS) is 28.0. The Morgan fingerprint density at radius 1 is 1.21 bits per heavy atom. The topological polar surface area (TPSA) is 146 Å². The summed E-state index contributed by atoms with van der Waals surface area (Å²) in [5, 5.41) is 15.1. The predicted molar refractivity (Wildman–Crippen MR) is 140 cm³/mol. The number of nitrogens with one attached hydrogen (secondary N) is 2. The predicted octanol–water partition coefficient (Wildman–Crippen LogP) is 2.86. The maximum absolute atomic E-state index is 13.7. The average molecular weight is 524 g/mol. The number of hydrogen-bond acceptors (Lipinski definition) is 6. The van der Waals surface area contributed by atoms with Crippen molar-refractivity contribution in [2.45, 2.75) is 70.9 Å². The highest BCUT2D eigenvalue weighted by Crippen LogP contribution is 2.60. The van der Waals surface area contributed by atoms with Crippen LogP contribution in [-0.2, 0) is 9.53 Å². The molecule has 0 saturated heterocycles. The van der Waals surface area contributed by atoms with Crippen molar-refractivity contribution < 1.29 is 19.1 Å². The summed E-state index contributed by atoms with van der Waals surface area (Å²) in [6.07, 6.45) is 13.3. The molecule has 11 nitrogen and oxygen atoms in total. The van der Waals surface area contributed by atoms with E-state index in [1.165, 1.54) is 0 Å². The van der Waals surface area contributed by atoms with E-state index in [-0.39, 0.29) is 23.3 Å². The Kier molecular flexibility index (Phi) is 6.79. The lowest BCUT2D eigenvalue weighted by molar-refractivity contribution is -0.121. The number of hydrogen-bond donors (Lipinski definition) is 3. The molecule has 0 spiro atoms. The van der Waals surface area contributed by atoms with Crippen molar-refractivity contribution in [2.75, 3.05) is 6.61 Å². The number of nitrogens with two attached hydrogens (primary N) is 1. The van der Waals surface area contributed by atoms with Gasteiger partial charge >= 0.3 is 6.09 Å². The fourth-order valence-corrected chi connectivity index (χ4v) is 7.05. The Labute approximate surface area is 222 Å². The van der Waals surface area contributed by atoms with E-state index in [1.807, 2.05) is 26.8 Å². The minimum absolute atomic E-state index is 0.0251. The first-order valence-corrected chi connectivity index (χ1v) is 13.4. The summed E-state index contributed by atoms with van der Waals surface area (Å²) in [6, 6.07) is 1.85. The lowest BCUT2D eigenvalue weighted by atomic mass is 9.48. The fraction of sp³-hybridized carbons (Fsp3) is 0.593. The minimum atomic E-state index is -0.723.